The summed E-state index contributed by atoms with van der Waals surface area (Å²) < 4.78 is 0. The molecule has 20 heavy (non-hydrogen) atoms. The van der Waals surface area contributed by atoms with Crippen molar-refractivity contribution in [3.05, 3.63) is 22.8 Å². The summed E-state index contributed by atoms with van der Waals surface area (Å²) >= 11 is 5.84. The van der Waals surface area contributed by atoms with Gasteiger partial charge in [-0.05, 0) is 38.1 Å². The van der Waals surface area contributed by atoms with Crippen LogP contribution in [0.15, 0.2) is 12.1 Å². The summed E-state index contributed by atoms with van der Waals surface area (Å²) in [5.41, 5.74) is 6.12. The van der Waals surface area contributed by atoms with Crippen LogP contribution in [0.25, 0.3) is 0 Å². The number of nitrogen functional groups attached to an aromatic ring is 1. The first kappa shape index (κ1) is 15.1. The van der Waals surface area contributed by atoms with Crippen LogP contribution in [-0.2, 0) is 0 Å². The molecular weight excluding hydrogens is 276 g/mol. The first-order valence-corrected chi connectivity index (χ1v) is 7.31. The summed E-state index contributed by atoms with van der Waals surface area (Å²) in [4.78, 5) is 20.4. The van der Waals surface area contributed by atoms with Gasteiger partial charge in [0.2, 0.25) is 0 Å². The van der Waals surface area contributed by atoms with E-state index in [0.717, 1.165) is 26.1 Å². The minimum absolute atomic E-state index is 0.0658. The van der Waals surface area contributed by atoms with E-state index in [1.54, 1.807) is 17.0 Å². The molecule has 1 aliphatic rings. The highest BCUT2D eigenvalue weighted by molar-refractivity contribution is 6.29. The number of nitrogens with two attached hydrogens (primary N) is 1. The van der Waals surface area contributed by atoms with Gasteiger partial charge in [-0.25, -0.2) is 4.98 Å². The third kappa shape index (κ3) is 3.41. The predicted molar refractivity (Wildman–Crippen MR) is 80.9 cm³/mol. The predicted octanol–water partition coefficient (Wildman–Crippen LogP) is 1.87. The lowest BCUT2D eigenvalue weighted by molar-refractivity contribution is 0.0754. The molecule has 1 amide bonds. The van der Waals surface area contributed by atoms with Crippen molar-refractivity contribution < 1.29 is 4.79 Å². The molecular formula is C14H21ClN4O. The molecule has 0 aromatic carbocycles. The molecule has 0 aliphatic carbocycles. The molecule has 1 fully saturated rings. The molecule has 0 radical (unpaired) electrons. The second-order valence-corrected chi connectivity index (χ2v) is 5.60. The van der Waals surface area contributed by atoms with E-state index in [1.165, 1.54) is 6.42 Å². The molecule has 2 rings (SSSR count). The topological polar surface area (TPSA) is 62.5 Å². The molecule has 1 unspecified atom stereocenters. The maximum Gasteiger partial charge on any atom is 0.253 e. The Kier molecular flexibility index (Phi) is 4.83. The largest absolute Gasteiger partial charge is 0.384 e. The van der Waals surface area contributed by atoms with Crippen molar-refractivity contribution in [2.24, 2.45) is 0 Å². The van der Waals surface area contributed by atoms with Crippen LogP contribution in [0.5, 0.6) is 0 Å². The Bertz CT molecular complexity index is 474. The van der Waals surface area contributed by atoms with E-state index in [1.807, 2.05) is 7.05 Å². The minimum atomic E-state index is -0.0658. The van der Waals surface area contributed by atoms with E-state index in [0.29, 0.717) is 11.6 Å². The molecule has 6 heteroatoms. The SMILES string of the molecule is CCN1CCCC1CN(C)C(=O)c1cc(N)nc(Cl)c1. The smallest absolute Gasteiger partial charge is 0.253 e. The van der Waals surface area contributed by atoms with Gasteiger partial charge in [0.1, 0.15) is 11.0 Å². The van der Waals surface area contributed by atoms with Crippen LogP contribution in [-0.4, -0.2) is 53.4 Å². The maximum atomic E-state index is 12.4. The van der Waals surface area contributed by atoms with Crippen LogP contribution in [0.3, 0.4) is 0 Å². The Morgan fingerprint density at radius 2 is 2.35 bits per heavy atom. The van der Waals surface area contributed by atoms with Gasteiger partial charge in [0, 0.05) is 25.2 Å². The standard InChI is InChI=1S/C14H21ClN4O/c1-3-19-6-4-5-11(19)9-18(2)14(20)10-7-12(15)17-13(16)8-10/h7-8,11H,3-6,9H2,1-2H3,(H2,16,17). The molecule has 1 atom stereocenters. The van der Waals surface area contributed by atoms with E-state index in [9.17, 15) is 4.79 Å². The Morgan fingerprint density at radius 3 is 3.00 bits per heavy atom. The summed E-state index contributed by atoms with van der Waals surface area (Å²) in [6, 6.07) is 3.57. The fourth-order valence-corrected chi connectivity index (χ4v) is 2.99. The van der Waals surface area contributed by atoms with Gasteiger partial charge in [-0.1, -0.05) is 18.5 Å². The summed E-state index contributed by atoms with van der Waals surface area (Å²) in [6.45, 7) is 5.04. The van der Waals surface area contributed by atoms with Gasteiger partial charge in [0.15, 0.2) is 0 Å². The fraction of sp³-hybridized carbons (Fsp3) is 0.571. The zero-order chi connectivity index (χ0) is 14.7. The van der Waals surface area contributed by atoms with Crippen LogP contribution in [0, 0.1) is 0 Å². The van der Waals surface area contributed by atoms with Crippen LogP contribution in [0.2, 0.25) is 5.15 Å². The van der Waals surface area contributed by atoms with Crippen molar-refractivity contribution in [2.75, 3.05) is 32.4 Å². The van der Waals surface area contributed by atoms with E-state index in [-0.39, 0.29) is 16.9 Å². The zero-order valence-electron chi connectivity index (χ0n) is 12.0. The fourth-order valence-electron chi connectivity index (χ4n) is 2.78. The van der Waals surface area contributed by atoms with E-state index in [2.05, 4.69) is 16.8 Å². The molecule has 1 aromatic heterocycles. The quantitative estimate of drug-likeness (QED) is 0.862. The molecule has 0 saturated carbocycles. The molecule has 110 valence electrons. The second-order valence-electron chi connectivity index (χ2n) is 5.21. The highest BCUT2D eigenvalue weighted by Gasteiger charge is 2.26. The molecule has 2 N–H and O–H groups in total. The Balaban J connectivity index is 2.04. The van der Waals surface area contributed by atoms with Crippen molar-refractivity contribution in [3.63, 3.8) is 0 Å². The number of pyridine rings is 1. The molecule has 1 aliphatic heterocycles. The second kappa shape index (κ2) is 6.41. The van der Waals surface area contributed by atoms with Crippen molar-refractivity contribution in [1.82, 2.24) is 14.8 Å². The Morgan fingerprint density at radius 1 is 1.60 bits per heavy atom. The third-order valence-electron chi connectivity index (χ3n) is 3.80. The van der Waals surface area contributed by atoms with Gasteiger partial charge in [0.25, 0.3) is 5.91 Å². The van der Waals surface area contributed by atoms with Crippen LogP contribution in [0.4, 0.5) is 5.82 Å². The number of hydrogen-bond donors (Lipinski definition) is 1. The lowest BCUT2D eigenvalue weighted by Crippen LogP contribution is -2.41. The Labute approximate surface area is 124 Å². The normalized spacial score (nSPS) is 19.2. The lowest BCUT2D eigenvalue weighted by Gasteiger charge is -2.27. The number of hydrogen-bond acceptors (Lipinski definition) is 4. The number of carbonyl (C=O) groups excluding carboxylic acids is 1. The van der Waals surface area contributed by atoms with E-state index in [4.69, 9.17) is 17.3 Å². The number of likely N-dealkylation sites (tertiary alicyclic amines) is 1. The highest BCUT2D eigenvalue weighted by atomic mass is 35.5. The van der Waals surface area contributed by atoms with Crippen LogP contribution in [0.1, 0.15) is 30.1 Å². The Hall–Kier alpha value is -1.33. The number of amides is 1. The number of halogens is 1. The average Bonchev–Trinajstić information content (AvgIpc) is 2.83. The number of nitrogens with zero attached hydrogens (tertiary/aromatic N) is 3. The number of likely N-dealkylation sites (N-methyl/N-ethyl adjacent to an activating group) is 2. The van der Waals surface area contributed by atoms with Crippen LogP contribution >= 0.6 is 11.6 Å². The first-order chi connectivity index (χ1) is 9.51. The van der Waals surface area contributed by atoms with Gasteiger partial charge in [0.05, 0.1) is 0 Å². The van der Waals surface area contributed by atoms with Gasteiger partial charge in [-0.15, -0.1) is 0 Å². The summed E-state index contributed by atoms with van der Waals surface area (Å²) in [5, 5.41) is 0.248. The van der Waals surface area contributed by atoms with Gasteiger partial charge in [-0.2, -0.15) is 0 Å². The molecule has 0 spiro atoms. The number of rotatable bonds is 4. The van der Waals surface area contributed by atoms with Crippen LogP contribution < -0.4 is 5.73 Å². The summed E-state index contributed by atoms with van der Waals surface area (Å²) in [7, 11) is 1.82. The monoisotopic (exact) mass is 296 g/mol. The molecule has 2 heterocycles. The minimum Gasteiger partial charge on any atom is -0.384 e. The van der Waals surface area contributed by atoms with Crippen molar-refractivity contribution in [3.8, 4) is 0 Å². The van der Waals surface area contributed by atoms with Crippen molar-refractivity contribution in [2.45, 2.75) is 25.8 Å². The molecule has 1 saturated heterocycles. The lowest BCUT2D eigenvalue weighted by atomic mass is 10.2. The van der Waals surface area contributed by atoms with Gasteiger partial charge < -0.3 is 10.6 Å². The van der Waals surface area contributed by atoms with Crippen molar-refractivity contribution >= 4 is 23.3 Å². The number of anilines is 1. The zero-order valence-corrected chi connectivity index (χ0v) is 12.7. The van der Waals surface area contributed by atoms with Gasteiger partial charge >= 0.3 is 0 Å². The van der Waals surface area contributed by atoms with Gasteiger partial charge in [-0.3, -0.25) is 9.69 Å². The average molecular weight is 297 g/mol. The highest BCUT2D eigenvalue weighted by Crippen LogP contribution is 2.19. The molecule has 1 aromatic rings. The molecule has 5 nitrogen and oxygen atoms in total. The number of aromatic nitrogens is 1. The van der Waals surface area contributed by atoms with Crippen molar-refractivity contribution in [1.29, 1.82) is 0 Å². The third-order valence-corrected chi connectivity index (χ3v) is 3.99. The molecule has 0 bridgehead atoms. The first-order valence-electron chi connectivity index (χ1n) is 6.94. The summed E-state index contributed by atoms with van der Waals surface area (Å²) in [6.07, 6.45) is 2.35. The summed E-state index contributed by atoms with van der Waals surface area (Å²) in [5.74, 6) is 0.203. The van der Waals surface area contributed by atoms with E-state index >= 15 is 0 Å². The van der Waals surface area contributed by atoms with E-state index < -0.39 is 0 Å². The maximum absolute atomic E-state index is 12.4. The number of carbonyl (C=O) groups is 1.